The minimum atomic E-state index is 0.123. The molecule has 2 rings (SSSR count). The highest BCUT2D eigenvalue weighted by atomic mass is 35.5. The van der Waals surface area contributed by atoms with Gasteiger partial charge in [-0.2, -0.15) is 0 Å². The maximum atomic E-state index is 6.07. The van der Waals surface area contributed by atoms with Crippen LogP contribution >= 0.6 is 11.6 Å². The first-order valence-electron chi connectivity index (χ1n) is 6.99. The predicted octanol–water partition coefficient (Wildman–Crippen LogP) is 5.81. The topological polar surface area (TPSA) is 12.0 Å². The van der Waals surface area contributed by atoms with E-state index in [1.54, 1.807) is 0 Å². The molecule has 2 aromatic carbocycles. The van der Waals surface area contributed by atoms with Gasteiger partial charge in [-0.3, -0.25) is 0 Å². The molecule has 0 amide bonds. The summed E-state index contributed by atoms with van der Waals surface area (Å²) in [6.45, 7) is 8.86. The summed E-state index contributed by atoms with van der Waals surface area (Å²) < 4.78 is 0. The highest BCUT2D eigenvalue weighted by Crippen LogP contribution is 2.31. The number of halogens is 1. The van der Waals surface area contributed by atoms with Gasteiger partial charge in [0.25, 0.3) is 0 Å². The van der Waals surface area contributed by atoms with Crippen molar-refractivity contribution in [2.45, 2.75) is 39.2 Å². The van der Waals surface area contributed by atoms with E-state index < -0.39 is 0 Å². The average molecular weight is 288 g/mol. The summed E-state index contributed by atoms with van der Waals surface area (Å²) in [7, 11) is 0. The van der Waals surface area contributed by atoms with Crippen LogP contribution in [0.15, 0.2) is 48.5 Å². The fourth-order valence-corrected chi connectivity index (χ4v) is 2.55. The number of rotatable bonds is 3. The van der Waals surface area contributed by atoms with Gasteiger partial charge in [0.1, 0.15) is 0 Å². The van der Waals surface area contributed by atoms with Gasteiger partial charge in [-0.15, -0.1) is 0 Å². The average Bonchev–Trinajstić information content (AvgIpc) is 2.38. The Hall–Kier alpha value is -1.47. The summed E-state index contributed by atoms with van der Waals surface area (Å²) >= 11 is 6.07. The molecule has 106 valence electrons. The zero-order chi connectivity index (χ0) is 14.8. The maximum Gasteiger partial charge on any atom is 0.0486 e. The SMILES string of the molecule is CC(Nc1ccccc1C(C)(C)C)c1cccc(Cl)c1. The van der Waals surface area contributed by atoms with Gasteiger partial charge in [-0.25, -0.2) is 0 Å². The van der Waals surface area contributed by atoms with Gasteiger partial charge in [0.05, 0.1) is 0 Å². The first kappa shape index (κ1) is 14.9. The van der Waals surface area contributed by atoms with Crippen molar-refractivity contribution in [3.8, 4) is 0 Å². The Balaban J connectivity index is 2.26. The molecule has 0 heterocycles. The van der Waals surface area contributed by atoms with E-state index in [4.69, 9.17) is 11.6 Å². The van der Waals surface area contributed by atoms with Gasteiger partial charge in [-0.05, 0) is 41.7 Å². The van der Waals surface area contributed by atoms with E-state index in [1.165, 1.54) is 16.8 Å². The Labute approximate surface area is 127 Å². The van der Waals surface area contributed by atoms with Gasteiger partial charge < -0.3 is 5.32 Å². The van der Waals surface area contributed by atoms with Gasteiger partial charge in [0.15, 0.2) is 0 Å². The molecule has 1 unspecified atom stereocenters. The Morgan fingerprint density at radius 1 is 1.00 bits per heavy atom. The molecular formula is C18H22ClN. The molecule has 0 saturated carbocycles. The van der Waals surface area contributed by atoms with Crippen LogP contribution in [0.3, 0.4) is 0 Å². The van der Waals surface area contributed by atoms with Crippen LogP contribution in [0.4, 0.5) is 5.69 Å². The molecule has 1 N–H and O–H groups in total. The number of hydrogen-bond donors (Lipinski definition) is 1. The summed E-state index contributed by atoms with van der Waals surface area (Å²) in [5.74, 6) is 0. The number of hydrogen-bond acceptors (Lipinski definition) is 1. The largest absolute Gasteiger partial charge is 0.378 e. The van der Waals surface area contributed by atoms with Crippen LogP contribution in [0.25, 0.3) is 0 Å². The molecule has 0 fully saturated rings. The molecule has 0 aliphatic rings. The Morgan fingerprint density at radius 2 is 1.70 bits per heavy atom. The fraction of sp³-hybridized carbons (Fsp3) is 0.333. The zero-order valence-corrected chi connectivity index (χ0v) is 13.3. The van der Waals surface area contributed by atoms with Gasteiger partial charge in [0, 0.05) is 16.8 Å². The normalized spacial score (nSPS) is 13.1. The number of para-hydroxylation sites is 1. The molecule has 0 saturated heterocycles. The number of nitrogens with one attached hydrogen (secondary N) is 1. The van der Waals surface area contributed by atoms with Crippen LogP contribution in [0.1, 0.15) is 44.9 Å². The van der Waals surface area contributed by atoms with Gasteiger partial charge >= 0.3 is 0 Å². The molecule has 0 aliphatic heterocycles. The van der Waals surface area contributed by atoms with Crippen LogP contribution in [0.2, 0.25) is 5.02 Å². The molecule has 0 radical (unpaired) electrons. The smallest absolute Gasteiger partial charge is 0.0486 e. The molecule has 20 heavy (non-hydrogen) atoms. The monoisotopic (exact) mass is 287 g/mol. The fourth-order valence-electron chi connectivity index (χ4n) is 2.36. The molecule has 2 heteroatoms. The number of benzene rings is 2. The van der Waals surface area contributed by atoms with Crippen molar-refractivity contribution in [2.24, 2.45) is 0 Å². The Kier molecular flexibility index (Phi) is 4.39. The maximum absolute atomic E-state index is 6.07. The van der Waals surface area contributed by atoms with Crippen LogP contribution < -0.4 is 5.32 Å². The molecule has 1 atom stereocenters. The first-order valence-corrected chi connectivity index (χ1v) is 7.37. The number of anilines is 1. The summed E-state index contributed by atoms with van der Waals surface area (Å²) in [6, 6.07) is 16.7. The summed E-state index contributed by atoms with van der Waals surface area (Å²) in [4.78, 5) is 0. The molecular weight excluding hydrogens is 266 g/mol. The molecule has 2 aromatic rings. The van der Waals surface area contributed by atoms with Crippen molar-refractivity contribution in [3.05, 3.63) is 64.7 Å². The van der Waals surface area contributed by atoms with Crippen molar-refractivity contribution in [1.82, 2.24) is 0 Å². The van der Waals surface area contributed by atoms with E-state index >= 15 is 0 Å². The van der Waals surface area contributed by atoms with Crippen LogP contribution in [-0.2, 0) is 5.41 Å². The van der Waals surface area contributed by atoms with Gasteiger partial charge in [-0.1, -0.05) is 62.7 Å². The Bertz CT molecular complexity index is 584. The van der Waals surface area contributed by atoms with Crippen molar-refractivity contribution in [1.29, 1.82) is 0 Å². The highest BCUT2D eigenvalue weighted by Gasteiger charge is 2.18. The highest BCUT2D eigenvalue weighted by molar-refractivity contribution is 6.30. The molecule has 1 nitrogen and oxygen atoms in total. The zero-order valence-electron chi connectivity index (χ0n) is 12.6. The molecule has 0 aliphatic carbocycles. The first-order chi connectivity index (χ1) is 9.38. The quantitative estimate of drug-likeness (QED) is 0.751. The van der Waals surface area contributed by atoms with Crippen molar-refractivity contribution in [3.63, 3.8) is 0 Å². The Morgan fingerprint density at radius 3 is 2.35 bits per heavy atom. The van der Waals surface area contributed by atoms with Gasteiger partial charge in [0.2, 0.25) is 0 Å². The molecule has 0 aromatic heterocycles. The lowest BCUT2D eigenvalue weighted by Crippen LogP contribution is -2.16. The lowest BCUT2D eigenvalue weighted by Gasteiger charge is -2.25. The molecule has 0 bridgehead atoms. The van der Waals surface area contributed by atoms with E-state index in [0.717, 1.165) is 5.02 Å². The van der Waals surface area contributed by atoms with Crippen LogP contribution in [0.5, 0.6) is 0 Å². The predicted molar refractivity (Wildman–Crippen MR) is 88.6 cm³/mol. The second-order valence-electron chi connectivity index (χ2n) is 6.22. The van der Waals surface area contributed by atoms with Crippen LogP contribution in [0, 0.1) is 0 Å². The van der Waals surface area contributed by atoms with E-state index in [2.05, 4.69) is 63.3 Å². The minimum Gasteiger partial charge on any atom is -0.378 e. The molecule has 0 spiro atoms. The lowest BCUT2D eigenvalue weighted by atomic mass is 9.85. The van der Waals surface area contributed by atoms with Crippen LogP contribution in [-0.4, -0.2) is 0 Å². The third kappa shape index (κ3) is 3.55. The van der Waals surface area contributed by atoms with E-state index in [1.807, 2.05) is 18.2 Å². The second kappa shape index (κ2) is 5.88. The van der Waals surface area contributed by atoms with E-state index in [0.29, 0.717) is 0 Å². The summed E-state index contributed by atoms with van der Waals surface area (Å²) in [5, 5.41) is 4.38. The standard InChI is InChI=1S/C18H22ClN/c1-13(14-8-7-9-15(19)12-14)20-17-11-6-5-10-16(17)18(2,3)4/h5-13,20H,1-4H3. The van der Waals surface area contributed by atoms with E-state index in [-0.39, 0.29) is 11.5 Å². The lowest BCUT2D eigenvalue weighted by molar-refractivity contribution is 0.590. The summed E-state index contributed by atoms with van der Waals surface area (Å²) in [5.41, 5.74) is 3.83. The van der Waals surface area contributed by atoms with Crippen molar-refractivity contribution < 1.29 is 0 Å². The van der Waals surface area contributed by atoms with Crippen molar-refractivity contribution >= 4 is 17.3 Å². The third-order valence-electron chi connectivity index (χ3n) is 3.46. The van der Waals surface area contributed by atoms with Crippen molar-refractivity contribution in [2.75, 3.05) is 5.32 Å². The summed E-state index contributed by atoms with van der Waals surface area (Å²) in [6.07, 6.45) is 0. The van der Waals surface area contributed by atoms with E-state index in [9.17, 15) is 0 Å². The minimum absolute atomic E-state index is 0.123. The second-order valence-corrected chi connectivity index (χ2v) is 6.65. The third-order valence-corrected chi connectivity index (χ3v) is 3.69.